The van der Waals surface area contributed by atoms with Crippen molar-refractivity contribution in [1.82, 2.24) is 15.6 Å². The number of halogens is 1. The molecule has 1 rings (SSSR count). The van der Waals surface area contributed by atoms with E-state index in [4.69, 9.17) is 4.74 Å². The van der Waals surface area contributed by atoms with E-state index in [2.05, 4.69) is 34.5 Å². The highest BCUT2D eigenvalue weighted by Crippen LogP contribution is 2.09. The van der Waals surface area contributed by atoms with Gasteiger partial charge >= 0.3 is 0 Å². The SMILES string of the molecule is CN=C(NCCCC(C)C)NCc1ccc(OC(C)C)nc1.I. The van der Waals surface area contributed by atoms with Crippen LogP contribution in [0.5, 0.6) is 5.88 Å². The van der Waals surface area contributed by atoms with Crippen LogP contribution in [0.15, 0.2) is 23.3 Å². The zero-order valence-corrected chi connectivity index (χ0v) is 17.3. The number of nitrogens with zero attached hydrogens (tertiary/aromatic N) is 2. The fourth-order valence-electron chi connectivity index (χ4n) is 1.95. The van der Waals surface area contributed by atoms with E-state index >= 15 is 0 Å². The lowest BCUT2D eigenvalue weighted by atomic mass is 10.1. The molecule has 5 nitrogen and oxygen atoms in total. The van der Waals surface area contributed by atoms with Crippen LogP contribution in [0.4, 0.5) is 0 Å². The van der Waals surface area contributed by atoms with Gasteiger partial charge in [-0.15, -0.1) is 24.0 Å². The molecule has 0 spiro atoms. The van der Waals surface area contributed by atoms with Gasteiger partial charge in [-0.25, -0.2) is 4.98 Å². The van der Waals surface area contributed by atoms with Crippen molar-refractivity contribution in [3.05, 3.63) is 23.9 Å². The van der Waals surface area contributed by atoms with Gasteiger partial charge < -0.3 is 15.4 Å². The Balaban J connectivity index is 0.00000484. The number of ether oxygens (including phenoxy) is 1. The van der Waals surface area contributed by atoms with Gasteiger partial charge in [-0.2, -0.15) is 0 Å². The summed E-state index contributed by atoms with van der Waals surface area (Å²) in [5, 5.41) is 6.62. The predicted molar refractivity (Wildman–Crippen MR) is 108 cm³/mol. The van der Waals surface area contributed by atoms with Crippen LogP contribution in [-0.4, -0.2) is 30.6 Å². The molecule has 1 aromatic rings. The molecule has 23 heavy (non-hydrogen) atoms. The summed E-state index contributed by atoms with van der Waals surface area (Å²) in [4.78, 5) is 8.52. The van der Waals surface area contributed by atoms with Gasteiger partial charge in [0.05, 0.1) is 6.10 Å². The Hall–Kier alpha value is -1.05. The fraction of sp³-hybridized carbons (Fsp3) is 0.647. The average Bonchev–Trinajstić information content (AvgIpc) is 2.47. The average molecular weight is 434 g/mol. The number of rotatable bonds is 8. The number of hydrogen-bond donors (Lipinski definition) is 2. The minimum atomic E-state index is 0. The highest BCUT2D eigenvalue weighted by Gasteiger charge is 2.02. The van der Waals surface area contributed by atoms with Crippen LogP contribution in [0.2, 0.25) is 0 Å². The Morgan fingerprint density at radius 2 is 1.96 bits per heavy atom. The molecule has 0 saturated carbocycles. The normalized spacial score (nSPS) is 11.3. The zero-order valence-electron chi connectivity index (χ0n) is 14.9. The van der Waals surface area contributed by atoms with E-state index in [1.807, 2.05) is 32.2 Å². The summed E-state index contributed by atoms with van der Waals surface area (Å²) < 4.78 is 5.53. The Kier molecular flexibility index (Phi) is 11.8. The lowest BCUT2D eigenvalue weighted by Gasteiger charge is -2.13. The van der Waals surface area contributed by atoms with Crippen LogP contribution in [0.25, 0.3) is 0 Å². The highest BCUT2D eigenvalue weighted by molar-refractivity contribution is 14.0. The fourth-order valence-corrected chi connectivity index (χ4v) is 1.95. The maximum atomic E-state index is 5.53. The van der Waals surface area contributed by atoms with Crippen molar-refractivity contribution in [3.63, 3.8) is 0 Å². The summed E-state index contributed by atoms with van der Waals surface area (Å²) >= 11 is 0. The molecule has 0 aliphatic carbocycles. The molecule has 0 radical (unpaired) electrons. The molecule has 1 heterocycles. The second kappa shape index (κ2) is 12.4. The smallest absolute Gasteiger partial charge is 0.213 e. The van der Waals surface area contributed by atoms with E-state index in [0.29, 0.717) is 12.4 Å². The molecular weight excluding hydrogens is 403 g/mol. The minimum absolute atomic E-state index is 0. The van der Waals surface area contributed by atoms with Gasteiger partial charge in [0.15, 0.2) is 5.96 Å². The van der Waals surface area contributed by atoms with Crippen LogP contribution >= 0.6 is 24.0 Å². The maximum Gasteiger partial charge on any atom is 0.213 e. The van der Waals surface area contributed by atoms with E-state index in [9.17, 15) is 0 Å². The van der Waals surface area contributed by atoms with Crippen molar-refractivity contribution in [1.29, 1.82) is 0 Å². The molecule has 6 heteroatoms. The molecule has 0 amide bonds. The topological polar surface area (TPSA) is 58.5 Å². The molecule has 1 aromatic heterocycles. The number of pyridine rings is 1. The van der Waals surface area contributed by atoms with Crippen molar-refractivity contribution in [2.75, 3.05) is 13.6 Å². The molecule has 0 saturated heterocycles. The Morgan fingerprint density at radius 1 is 1.22 bits per heavy atom. The molecule has 0 bridgehead atoms. The first-order valence-electron chi connectivity index (χ1n) is 8.07. The number of aliphatic imine (C=N–C) groups is 1. The van der Waals surface area contributed by atoms with Gasteiger partial charge in [0, 0.05) is 32.4 Å². The van der Waals surface area contributed by atoms with Gasteiger partial charge in [-0.3, -0.25) is 4.99 Å². The van der Waals surface area contributed by atoms with Crippen molar-refractivity contribution >= 4 is 29.9 Å². The largest absolute Gasteiger partial charge is 0.475 e. The summed E-state index contributed by atoms with van der Waals surface area (Å²) in [6.07, 6.45) is 4.36. The third kappa shape index (κ3) is 10.4. The second-order valence-electron chi connectivity index (χ2n) is 6.06. The van der Waals surface area contributed by atoms with Gasteiger partial charge in [-0.05, 0) is 38.2 Å². The van der Waals surface area contributed by atoms with Gasteiger partial charge in [0.1, 0.15) is 0 Å². The number of nitrogens with one attached hydrogen (secondary N) is 2. The van der Waals surface area contributed by atoms with Crippen LogP contribution < -0.4 is 15.4 Å². The summed E-state index contributed by atoms with van der Waals surface area (Å²) in [7, 11) is 1.79. The van der Waals surface area contributed by atoms with Crippen molar-refractivity contribution in [2.24, 2.45) is 10.9 Å². The molecule has 2 N–H and O–H groups in total. The summed E-state index contributed by atoms with van der Waals surface area (Å²) in [5.41, 5.74) is 1.10. The van der Waals surface area contributed by atoms with Gasteiger partial charge in [-0.1, -0.05) is 19.9 Å². The Morgan fingerprint density at radius 3 is 2.48 bits per heavy atom. The number of hydrogen-bond acceptors (Lipinski definition) is 3. The van der Waals surface area contributed by atoms with E-state index in [-0.39, 0.29) is 30.1 Å². The van der Waals surface area contributed by atoms with Crippen LogP contribution in [0.3, 0.4) is 0 Å². The van der Waals surface area contributed by atoms with E-state index in [0.717, 1.165) is 30.4 Å². The molecule has 0 unspecified atom stereocenters. The van der Waals surface area contributed by atoms with E-state index < -0.39 is 0 Å². The van der Waals surface area contributed by atoms with E-state index in [1.54, 1.807) is 7.05 Å². The Bertz CT molecular complexity index is 446. The number of guanidine groups is 1. The zero-order chi connectivity index (χ0) is 16.4. The first-order valence-corrected chi connectivity index (χ1v) is 8.07. The molecule has 0 atom stereocenters. The lowest BCUT2D eigenvalue weighted by Crippen LogP contribution is -2.37. The monoisotopic (exact) mass is 434 g/mol. The summed E-state index contributed by atoms with van der Waals surface area (Å²) in [6.45, 7) is 10.1. The van der Waals surface area contributed by atoms with Crippen LogP contribution in [0.1, 0.15) is 46.1 Å². The second-order valence-corrected chi connectivity index (χ2v) is 6.06. The Labute approximate surface area is 157 Å². The van der Waals surface area contributed by atoms with Crippen molar-refractivity contribution < 1.29 is 4.74 Å². The summed E-state index contributed by atoms with van der Waals surface area (Å²) in [6, 6.07) is 3.92. The first kappa shape index (κ1) is 21.9. The molecular formula is C17H31IN4O. The highest BCUT2D eigenvalue weighted by atomic mass is 127. The maximum absolute atomic E-state index is 5.53. The van der Waals surface area contributed by atoms with Crippen molar-refractivity contribution in [2.45, 2.75) is 53.2 Å². The summed E-state index contributed by atoms with van der Waals surface area (Å²) in [5.74, 6) is 2.23. The molecule has 0 aromatic carbocycles. The minimum Gasteiger partial charge on any atom is -0.475 e. The first-order chi connectivity index (χ1) is 10.5. The third-order valence-corrected chi connectivity index (χ3v) is 3.09. The van der Waals surface area contributed by atoms with E-state index in [1.165, 1.54) is 6.42 Å². The number of aromatic nitrogens is 1. The van der Waals surface area contributed by atoms with Crippen LogP contribution in [0, 0.1) is 5.92 Å². The standard InChI is InChI=1S/C17H30N4O.HI/c1-13(2)7-6-10-19-17(18-5)21-12-15-8-9-16(20-11-15)22-14(3)4;/h8-9,11,13-14H,6-7,10,12H2,1-5H3,(H2,18,19,21);1H. The van der Waals surface area contributed by atoms with Gasteiger partial charge in [0.2, 0.25) is 5.88 Å². The lowest BCUT2D eigenvalue weighted by molar-refractivity contribution is 0.232. The molecule has 0 aliphatic rings. The quantitative estimate of drug-likeness (QED) is 0.284. The predicted octanol–water partition coefficient (Wildman–Crippen LogP) is 3.59. The van der Waals surface area contributed by atoms with Gasteiger partial charge in [0.25, 0.3) is 0 Å². The van der Waals surface area contributed by atoms with Crippen molar-refractivity contribution in [3.8, 4) is 5.88 Å². The molecule has 132 valence electrons. The van der Waals surface area contributed by atoms with Crippen LogP contribution in [-0.2, 0) is 6.54 Å². The molecule has 0 aliphatic heterocycles. The third-order valence-electron chi connectivity index (χ3n) is 3.09. The molecule has 0 fully saturated rings.